The van der Waals surface area contributed by atoms with Gasteiger partial charge < -0.3 is 4.74 Å². The lowest BCUT2D eigenvalue weighted by molar-refractivity contribution is -0.385. The summed E-state index contributed by atoms with van der Waals surface area (Å²) in [6.07, 6.45) is 0. The highest BCUT2D eigenvalue weighted by Crippen LogP contribution is 2.34. The Kier molecular flexibility index (Phi) is 4.43. The molecule has 0 saturated carbocycles. The van der Waals surface area contributed by atoms with Crippen molar-refractivity contribution in [1.82, 2.24) is 0 Å². The van der Waals surface area contributed by atoms with Crippen LogP contribution in [0.15, 0.2) is 30.3 Å². The van der Waals surface area contributed by atoms with Crippen LogP contribution in [0.4, 0.5) is 10.1 Å². The molecule has 2 aromatic rings. The molecule has 4 nitrogen and oxygen atoms in total. The smallest absolute Gasteiger partial charge is 0.276 e. The maximum Gasteiger partial charge on any atom is 0.276 e. The van der Waals surface area contributed by atoms with E-state index in [1.165, 1.54) is 18.2 Å². The highest BCUT2D eigenvalue weighted by molar-refractivity contribution is 6.17. The lowest BCUT2D eigenvalue weighted by atomic mass is 10.1. The molecule has 0 saturated heterocycles. The van der Waals surface area contributed by atoms with Crippen molar-refractivity contribution in [2.24, 2.45) is 0 Å². The van der Waals surface area contributed by atoms with Gasteiger partial charge in [-0.25, -0.2) is 4.39 Å². The van der Waals surface area contributed by atoms with Crippen LogP contribution in [0.25, 0.3) is 0 Å². The van der Waals surface area contributed by atoms with Crippen molar-refractivity contribution in [3.8, 4) is 11.5 Å². The standard InChI is InChI=1S/C15H13ClFNO3/c1-9-6-10(2)15(7-13(9)18(19)20)21-14-5-3-4-12(17)11(14)8-16/h3-7H,8H2,1-2H3. The van der Waals surface area contributed by atoms with Crippen LogP contribution < -0.4 is 4.74 Å². The molecule has 0 spiro atoms. The number of hydrogen-bond donors (Lipinski definition) is 0. The molecular formula is C15H13ClFNO3. The molecule has 0 fully saturated rings. The van der Waals surface area contributed by atoms with Crippen molar-refractivity contribution >= 4 is 17.3 Å². The normalized spacial score (nSPS) is 10.5. The average molecular weight is 310 g/mol. The minimum absolute atomic E-state index is 0.0422. The van der Waals surface area contributed by atoms with E-state index in [-0.39, 0.29) is 22.9 Å². The van der Waals surface area contributed by atoms with Crippen LogP contribution in [0.1, 0.15) is 16.7 Å². The molecule has 0 radical (unpaired) electrons. The Morgan fingerprint density at radius 3 is 2.57 bits per heavy atom. The molecule has 0 amide bonds. The summed E-state index contributed by atoms with van der Waals surface area (Å²) in [6, 6.07) is 7.36. The molecule has 0 heterocycles. The average Bonchev–Trinajstić information content (AvgIpc) is 2.41. The van der Waals surface area contributed by atoms with Gasteiger partial charge in [0.15, 0.2) is 0 Å². The van der Waals surface area contributed by atoms with E-state index >= 15 is 0 Å². The Labute approximate surface area is 126 Å². The molecule has 0 aliphatic carbocycles. The number of benzene rings is 2. The van der Waals surface area contributed by atoms with Crippen LogP contribution in [-0.4, -0.2) is 4.92 Å². The van der Waals surface area contributed by atoms with E-state index < -0.39 is 10.7 Å². The minimum Gasteiger partial charge on any atom is -0.456 e. The first-order valence-corrected chi connectivity index (χ1v) is 6.74. The summed E-state index contributed by atoms with van der Waals surface area (Å²) in [5, 5.41) is 11.0. The van der Waals surface area contributed by atoms with Crippen LogP contribution in [0, 0.1) is 29.8 Å². The highest BCUT2D eigenvalue weighted by Gasteiger charge is 2.16. The number of rotatable bonds is 4. The Balaban J connectivity index is 2.47. The number of nitrogens with zero attached hydrogens (tertiary/aromatic N) is 1. The van der Waals surface area contributed by atoms with Gasteiger partial charge in [-0.1, -0.05) is 6.07 Å². The number of ether oxygens (including phenoxy) is 1. The van der Waals surface area contributed by atoms with Crippen LogP contribution in [0.5, 0.6) is 11.5 Å². The van der Waals surface area contributed by atoms with Crippen LogP contribution in [0.3, 0.4) is 0 Å². The zero-order chi connectivity index (χ0) is 15.6. The Hall–Kier alpha value is -2.14. The summed E-state index contributed by atoms with van der Waals surface area (Å²) in [4.78, 5) is 10.5. The third-order valence-electron chi connectivity index (χ3n) is 3.12. The number of hydrogen-bond acceptors (Lipinski definition) is 3. The summed E-state index contributed by atoms with van der Waals surface area (Å²) >= 11 is 5.72. The number of aryl methyl sites for hydroxylation is 2. The number of alkyl halides is 1. The van der Waals surface area contributed by atoms with Gasteiger partial charge >= 0.3 is 0 Å². The first kappa shape index (κ1) is 15.3. The molecule has 0 aliphatic heterocycles. The molecule has 21 heavy (non-hydrogen) atoms. The third kappa shape index (κ3) is 3.13. The Morgan fingerprint density at radius 1 is 1.24 bits per heavy atom. The van der Waals surface area contributed by atoms with E-state index in [1.807, 2.05) is 0 Å². The molecule has 2 rings (SSSR count). The van der Waals surface area contributed by atoms with Crippen molar-refractivity contribution in [1.29, 1.82) is 0 Å². The molecule has 0 N–H and O–H groups in total. The second kappa shape index (κ2) is 6.10. The number of nitro groups is 1. The Bertz CT molecular complexity index is 704. The zero-order valence-corrected chi connectivity index (χ0v) is 12.3. The molecule has 110 valence electrons. The van der Waals surface area contributed by atoms with Gasteiger partial charge in [0.05, 0.1) is 16.9 Å². The summed E-state index contributed by atoms with van der Waals surface area (Å²) in [5.74, 6) is 0.0481. The molecule has 2 aromatic carbocycles. The predicted molar refractivity (Wildman–Crippen MR) is 78.6 cm³/mol. The zero-order valence-electron chi connectivity index (χ0n) is 11.5. The van der Waals surface area contributed by atoms with E-state index in [4.69, 9.17) is 16.3 Å². The second-order valence-corrected chi connectivity index (χ2v) is 4.88. The van der Waals surface area contributed by atoms with Gasteiger partial charge in [-0.2, -0.15) is 0 Å². The predicted octanol–water partition coefficient (Wildman–Crippen LogP) is 4.88. The summed E-state index contributed by atoms with van der Waals surface area (Å²) < 4.78 is 19.3. The molecule has 0 unspecified atom stereocenters. The molecule has 6 heteroatoms. The van der Waals surface area contributed by atoms with Crippen molar-refractivity contribution in [2.75, 3.05) is 0 Å². The van der Waals surface area contributed by atoms with E-state index in [2.05, 4.69) is 0 Å². The van der Waals surface area contributed by atoms with Crippen molar-refractivity contribution in [3.05, 3.63) is 63.0 Å². The van der Waals surface area contributed by atoms with E-state index in [9.17, 15) is 14.5 Å². The maximum absolute atomic E-state index is 13.7. The van der Waals surface area contributed by atoms with Gasteiger partial charge in [0.2, 0.25) is 0 Å². The number of halogens is 2. The third-order valence-corrected chi connectivity index (χ3v) is 3.39. The van der Waals surface area contributed by atoms with Crippen LogP contribution >= 0.6 is 11.6 Å². The molecular weight excluding hydrogens is 297 g/mol. The fraction of sp³-hybridized carbons (Fsp3) is 0.200. The topological polar surface area (TPSA) is 52.4 Å². The lowest BCUT2D eigenvalue weighted by Gasteiger charge is -2.13. The molecule has 0 aromatic heterocycles. The van der Waals surface area contributed by atoms with Crippen molar-refractivity contribution in [3.63, 3.8) is 0 Å². The monoisotopic (exact) mass is 309 g/mol. The van der Waals surface area contributed by atoms with Crippen LogP contribution in [-0.2, 0) is 5.88 Å². The fourth-order valence-electron chi connectivity index (χ4n) is 2.01. The summed E-state index contributed by atoms with van der Waals surface area (Å²) in [5.41, 5.74) is 1.45. The Morgan fingerprint density at radius 2 is 1.95 bits per heavy atom. The van der Waals surface area contributed by atoms with E-state index in [1.54, 1.807) is 26.0 Å². The molecule has 0 atom stereocenters. The molecule has 0 aliphatic rings. The van der Waals surface area contributed by atoms with E-state index in [0.29, 0.717) is 11.3 Å². The lowest BCUT2D eigenvalue weighted by Crippen LogP contribution is -1.97. The van der Waals surface area contributed by atoms with Gasteiger partial charge in [-0.05, 0) is 37.6 Å². The van der Waals surface area contributed by atoms with Crippen molar-refractivity contribution in [2.45, 2.75) is 19.7 Å². The molecule has 0 bridgehead atoms. The quantitative estimate of drug-likeness (QED) is 0.459. The highest BCUT2D eigenvalue weighted by atomic mass is 35.5. The van der Waals surface area contributed by atoms with Crippen LogP contribution in [0.2, 0.25) is 0 Å². The van der Waals surface area contributed by atoms with E-state index in [0.717, 1.165) is 5.56 Å². The first-order chi connectivity index (χ1) is 9.93. The maximum atomic E-state index is 13.7. The number of nitro benzene ring substituents is 1. The van der Waals surface area contributed by atoms with Gasteiger partial charge in [-0.15, -0.1) is 11.6 Å². The first-order valence-electron chi connectivity index (χ1n) is 6.21. The summed E-state index contributed by atoms with van der Waals surface area (Å²) in [6.45, 7) is 3.42. The van der Waals surface area contributed by atoms with Gasteiger partial charge in [-0.3, -0.25) is 10.1 Å². The minimum atomic E-state index is -0.477. The SMILES string of the molecule is Cc1cc(C)c([N+](=O)[O-])cc1Oc1cccc(F)c1CCl. The van der Waals surface area contributed by atoms with Gasteiger partial charge in [0.25, 0.3) is 5.69 Å². The largest absolute Gasteiger partial charge is 0.456 e. The fourth-order valence-corrected chi connectivity index (χ4v) is 2.27. The van der Waals surface area contributed by atoms with Gasteiger partial charge in [0.1, 0.15) is 17.3 Å². The second-order valence-electron chi connectivity index (χ2n) is 4.61. The van der Waals surface area contributed by atoms with Gasteiger partial charge in [0, 0.05) is 11.1 Å². The summed E-state index contributed by atoms with van der Waals surface area (Å²) in [7, 11) is 0. The van der Waals surface area contributed by atoms with Crippen molar-refractivity contribution < 1.29 is 14.1 Å².